The second-order valence-electron chi connectivity index (χ2n) is 6.71. The van der Waals surface area contributed by atoms with Gasteiger partial charge in [-0.2, -0.15) is 0 Å². The minimum absolute atomic E-state index is 0.00986. The summed E-state index contributed by atoms with van der Waals surface area (Å²) in [5.41, 5.74) is 1.10. The van der Waals surface area contributed by atoms with Crippen LogP contribution in [0.3, 0.4) is 0 Å². The molecule has 0 aliphatic rings. The van der Waals surface area contributed by atoms with Crippen LogP contribution in [0.1, 0.15) is 5.82 Å². The number of benzene rings is 2. The monoisotopic (exact) mass is 505 g/mol. The molecule has 2 N–H and O–H groups in total. The maximum absolute atomic E-state index is 12.5. The van der Waals surface area contributed by atoms with Crippen molar-refractivity contribution in [1.82, 2.24) is 14.8 Å². The number of nitrogens with zero attached hydrogens (tertiary/aromatic N) is 3. The van der Waals surface area contributed by atoms with Crippen molar-refractivity contribution in [2.24, 2.45) is 0 Å². The van der Waals surface area contributed by atoms with Gasteiger partial charge in [-0.15, -0.1) is 16.8 Å². The number of carbonyl (C=O) groups excluding carboxylic acids is 2. The summed E-state index contributed by atoms with van der Waals surface area (Å²) < 4.78 is 6.98. The van der Waals surface area contributed by atoms with Gasteiger partial charge < -0.3 is 19.9 Å². The largest absolute Gasteiger partial charge is 0.495 e. The number of hydrogen-bond donors (Lipinski definition) is 2. The molecule has 0 aliphatic carbocycles. The molecule has 0 unspecified atom stereocenters. The lowest BCUT2D eigenvalue weighted by molar-refractivity contribution is -0.116. The number of allylic oxidation sites excluding steroid dienone is 1. The zero-order valence-corrected chi connectivity index (χ0v) is 20.0. The van der Waals surface area contributed by atoms with Gasteiger partial charge in [-0.1, -0.05) is 41.0 Å². The molecule has 0 fully saturated rings. The van der Waals surface area contributed by atoms with Crippen molar-refractivity contribution >= 4 is 58.2 Å². The molecule has 0 spiro atoms. The molecule has 11 heteroatoms. The minimum Gasteiger partial charge on any atom is -0.495 e. The highest BCUT2D eigenvalue weighted by Gasteiger charge is 2.17. The third-order valence-electron chi connectivity index (χ3n) is 4.32. The van der Waals surface area contributed by atoms with Crippen molar-refractivity contribution in [3.05, 3.63) is 71.0 Å². The second-order valence-corrected chi connectivity index (χ2v) is 8.53. The molecule has 3 aromatic rings. The fourth-order valence-electron chi connectivity index (χ4n) is 2.85. The van der Waals surface area contributed by atoms with Crippen LogP contribution in [0.25, 0.3) is 0 Å². The summed E-state index contributed by atoms with van der Waals surface area (Å²) in [5.74, 6) is 0.512. The number of ether oxygens (including phenoxy) is 1. The number of anilines is 2. The summed E-state index contributed by atoms with van der Waals surface area (Å²) in [5, 5.41) is 15.4. The first-order valence-corrected chi connectivity index (χ1v) is 11.5. The Morgan fingerprint density at radius 2 is 1.82 bits per heavy atom. The molecule has 8 nitrogen and oxygen atoms in total. The van der Waals surface area contributed by atoms with E-state index in [0.717, 1.165) is 0 Å². The molecule has 0 bridgehead atoms. The van der Waals surface area contributed by atoms with Crippen LogP contribution in [0.4, 0.5) is 11.4 Å². The molecule has 1 heterocycles. The van der Waals surface area contributed by atoms with Gasteiger partial charge in [0.15, 0.2) is 5.16 Å². The lowest BCUT2D eigenvalue weighted by Crippen LogP contribution is -2.18. The number of methoxy groups -OCH3 is 1. The van der Waals surface area contributed by atoms with Crippen LogP contribution >= 0.6 is 35.0 Å². The van der Waals surface area contributed by atoms with Crippen molar-refractivity contribution in [3.63, 3.8) is 0 Å². The van der Waals surface area contributed by atoms with Crippen molar-refractivity contribution < 1.29 is 14.3 Å². The maximum Gasteiger partial charge on any atom is 0.234 e. The van der Waals surface area contributed by atoms with Gasteiger partial charge >= 0.3 is 0 Å². The summed E-state index contributed by atoms with van der Waals surface area (Å²) in [6.45, 7) is 4.14. The first kappa shape index (κ1) is 24.6. The second kappa shape index (κ2) is 11.7. The highest BCUT2D eigenvalue weighted by atomic mass is 35.5. The predicted molar refractivity (Wildman–Crippen MR) is 131 cm³/mol. The summed E-state index contributed by atoms with van der Waals surface area (Å²) in [6.07, 6.45) is 1.68. The van der Waals surface area contributed by atoms with Gasteiger partial charge in [0.25, 0.3) is 0 Å². The molecular formula is C22H21Cl2N5O3S. The Morgan fingerprint density at radius 1 is 1.09 bits per heavy atom. The summed E-state index contributed by atoms with van der Waals surface area (Å²) >= 11 is 13.1. The van der Waals surface area contributed by atoms with Gasteiger partial charge in [-0.25, -0.2) is 0 Å². The molecule has 0 radical (unpaired) electrons. The third kappa shape index (κ3) is 6.98. The highest BCUT2D eigenvalue weighted by molar-refractivity contribution is 7.99. The molecule has 0 atom stereocenters. The molecule has 2 amide bonds. The molecule has 33 heavy (non-hydrogen) atoms. The van der Waals surface area contributed by atoms with E-state index in [1.54, 1.807) is 53.1 Å². The fourth-order valence-corrected chi connectivity index (χ4v) is 3.91. The number of amides is 2. The van der Waals surface area contributed by atoms with Gasteiger partial charge in [0, 0.05) is 22.3 Å². The van der Waals surface area contributed by atoms with Crippen LogP contribution in [0.2, 0.25) is 10.0 Å². The third-order valence-corrected chi connectivity index (χ3v) is 5.77. The van der Waals surface area contributed by atoms with Gasteiger partial charge in [0.05, 0.1) is 25.0 Å². The van der Waals surface area contributed by atoms with Crippen molar-refractivity contribution in [2.45, 2.75) is 18.1 Å². The van der Waals surface area contributed by atoms with Crippen LogP contribution in [0, 0.1) is 0 Å². The van der Waals surface area contributed by atoms with E-state index in [2.05, 4.69) is 27.4 Å². The number of halogens is 2. The van der Waals surface area contributed by atoms with E-state index in [0.29, 0.717) is 44.7 Å². The topological polar surface area (TPSA) is 98.1 Å². The van der Waals surface area contributed by atoms with E-state index in [1.165, 1.54) is 18.9 Å². The highest BCUT2D eigenvalue weighted by Crippen LogP contribution is 2.28. The average molecular weight is 506 g/mol. The summed E-state index contributed by atoms with van der Waals surface area (Å²) in [7, 11) is 1.51. The maximum atomic E-state index is 12.5. The zero-order chi connectivity index (χ0) is 23.8. The number of aromatic nitrogens is 3. The number of thioether (sulfide) groups is 1. The van der Waals surface area contributed by atoms with Crippen molar-refractivity contribution in [3.8, 4) is 5.75 Å². The first-order chi connectivity index (χ1) is 15.9. The molecule has 0 aliphatic heterocycles. The molecule has 2 aromatic carbocycles. The Bertz CT molecular complexity index is 1150. The smallest absolute Gasteiger partial charge is 0.234 e. The van der Waals surface area contributed by atoms with Crippen molar-refractivity contribution in [1.29, 1.82) is 0 Å². The van der Waals surface area contributed by atoms with Crippen molar-refractivity contribution in [2.75, 3.05) is 23.5 Å². The van der Waals surface area contributed by atoms with E-state index in [9.17, 15) is 9.59 Å². The quantitative estimate of drug-likeness (QED) is 0.306. The number of hydrogen-bond acceptors (Lipinski definition) is 6. The van der Waals surface area contributed by atoms with E-state index in [4.69, 9.17) is 27.9 Å². The Balaban J connectivity index is 1.63. The van der Waals surface area contributed by atoms with Gasteiger partial charge in [0.2, 0.25) is 11.8 Å². The Kier molecular flexibility index (Phi) is 8.76. The van der Waals surface area contributed by atoms with E-state index >= 15 is 0 Å². The molecular weight excluding hydrogens is 485 g/mol. The Morgan fingerprint density at radius 3 is 2.52 bits per heavy atom. The minimum atomic E-state index is -0.268. The number of carbonyl (C=O) groups is 2. The Labute approximate surface area is 205 Å². The van der Waals surface area contributed by atoms with E-state index in [1.807, 2.05) is 0 Å². The number of nitrogens with one attached hydrogen (secondary N) is 2. The SMILES string of the molecule is C=CCn1c(CC(=O)Nc2ccc(Cl)cc2)nnc1SCC(=O)Nc1cc(Cl)ccc1OC. The molecule has 0 saturated heterocycles. The molecule has 3 rings (SSSR count). The standard InChI is InChI=1S/C22H21Cl2N5O3S/c1-3-10-29-19(12-20(30)25-16-7-4-14(23)5-8-16)27-28-22(29)33-13-21(31)26-17-11-15(24)6-9-18(17)32-2/h3-9,11H,1,10,12-13H2,2H3,(H,25,30)(H,26,31). The van der Waals surface area contributed by atoms with Crippen LogP contribution in [0.15, 0.2) is 60.3 Å². The van der Waals surface area contributed by atoms with Crippen LogP contribution < -0.4 is 15.4 Å². The van der Waals surface area contributed by atoms with Crippen LogP contribution in [0.5, 0.6) is 5.75 Å². The lowest BCUT2D eigenvalue weighted by Gasteiger charge is -2.11. The van der Waals surface area contributed by atoms with Gasteiger partial charge in [-0.3, -0.25) is 9.59 Å². The van der Waals surface area contributed by atoms with Gasteiger partial charge in [0.1, 0.15) is 11.6 Å². The zero-order valence-electron chi connectivity index (χ0n) is 17.7. The molecule has 1 aromatic heterocycles. The average Bonchev–Trinajstić information content (AvgIpc) is 3.15. The molecule has 0 saturated carbocycles. The molecule has 172 valence electrons. The predicted octanol–water partition coefficient (Wildman–Crippen LogP) is 4.69. The Hall–Kier alpha value is -3.01. The van der Waals surface area contributed by atoms with Crippen LogP contribution in [-0.2, 0) is 22.6 Å². The normalized spacial score (nSPS) is 10.5. The van der Waals surface area contributed by atoms with E-state index < -0.39 is 0 Å². The lowest BCUT2D eigenvalue weighted by atomic mass is 10.3. The fraction of sp³-hybridized carbons (Fsp3) is 0.182. The van der Waals surface area contributed by atoms with Crippen LogP contribution in [-0.4, -0.2) is 39.4 Å². The number of rotatable bonds is 10. The first-order valence-electron chi connectivity index (χ1n) is 9.74. The van der Waals surface area contributed by atoms with Gasteiger partial charge in [-0.05, 0) is 42.5 Å². The van der Waals surface area contributed by atoms with E-state index in [-0.39, 0.29) is 24.0 Å². The summed E-state index contributed by atoms with van der Waals surface area (Å²) in [6, 6.07) is 11.8. The summed E-state index contributed by atoms with van der Waals surface area (Å²) in [4.78, 5) is 24.9.